The van der Waals surface area contributed by atoms with Crippen LogP contribution in [-0.2, 0) is 0 Å². The minimum absolute atomic E-state index is 0.524. The molecule has 76 valence electrons. The molecule has 1 aromatic rings. The van der Waals surface area contributed by atoms with E-state index in [4.69, 9.17) is 23.2 Å². The zero-order valence-electron chi connectivity index (χ0n) is 7.93. The fourth-order valence-corrected chi connectivity index (χ4v) is 2.17. The Balaban J connectivity index is 2.02. The van der Waals surface area contributed by atoms with Gasteiger partial charge in [0.25, 0.3) is 0 Å². The average molecular weight is 231 g/mol. The van der Waals surface area contributed by atoms with Gasteiger partial charge in [0.2, 0.25) is 0 Å². The molecule has 1 heterocycles. The molecule has 2 rings (SSSR count). The number of anilines is 1. The molecule has 0 saturated heterocycles. The van der Waals surface area contributed by atoms with Gasteiger partial charge in [0.1, 0.15) is 5.82 Å². The predicted octanol–water partition coefficient (Wildman–Crippen LogP) is 3.60. The number of rotatable bonds is 2. The van der Waals surface area contributed by atoms with E-state index in [1.54, 1.807) is 12.3 Å². The van der Waals surface area contributed by atoms with Crippen LogP contribution < -0.4 is 5.32 Å². The summed E-state index contributed by atoms with van der Waals surface area (Å²) in [5.74, 6) is 1.56. The number of aromatic nitrogens is 1. The first-order valence-corrected chi connectivity index (χ1v) is 5.48. The van der Waals surface area contributed by atoms with Crippen LogP contribution in [-0.4, -0.2) is 11.0 Å². The number of nitrogens with zero attached hydrogens (tertiary/aromatic N) is 1. The molecule has 0 spiro atoms. The highest BCUT2D eigenvalue weighted by atomic mass is 35.5. The monoisotopic (exact) mass is 230 g/mol. The molecule has 1 aliphatic rings. The molecule has 14 heavy (non-hydrogen) atoms. The second kappa shape index (κ2) is 3.95. The molecular weight excluding hydrogens is 219 g/mol. The number of hydrogen-bond acceptors (Lipinski definition) is 2. The van der Waals surface area contributed by atoms with E-state index in [0.29, 0.717) is 16.1 Å². The summed E-state index contributed by atoms with van der Waals surface area (Å²) in [6.07, 6.45) is 4.00. The van der Waals surface area contributed by atoms with Gasteiger partial charge in [-0.25, -0.2) is 4.98 Å². The fraction of sp³-hybridized carbons (Fsp3) is 0.500. The van der Waals surface area contributed by atoms with Crippen molar-refractivity contribution in [1.29, 1.82) is 0 Å². The van der Waals surface area contributed by atoms with Crippen molar-refractivity contribution in [3.8, 4) is 0 Å². The Bertz CT molecular complexity index is 335. The first-order valence-electron chi connectivity index (χ1n) is 4.72. The van der Waals surface area contributed by atoms with Crippen LogP contribution >= 0.6 is 23.2 Å². The molecule has 0 amide bonds. The van der Waals surface area contributed by atoms with Crippen LogP contribution in [0.25, 0.3) is 0 Å². The highest BCUT2D eigenvalue weighted by Crippen LogP contribution is 2.31. The van der Waals surface area contributed by atoms with Gasteiger partial charge in [0, 0.05) is 12.2 Å². The van der Waals surface area contributed by atoms with Crippen molar-refractivity contribution in [3.63, 3.8) is 0 Å². The van der Waals surface area contributed by atoms with Gasteiger partial charge in [0.15, 0.2) is 0 Å². The first-order chi connectivity index (χ1) is 6.65. The third kappa shape index (κ3) is 2.12. The van der Waals surface area contributed by atoms with Crippen molar-refractivity contribution in [1.82, 2.24) is 4.98 Å². The lowest BCUT2D eigenvalue weighted by molar-refractivity contribution is 0.308. The van der Waals surface area contributed by atoms with Gasteiger partial charge in [0.05, 0.1) is 10.0 Å². The Morgan fingerprint density at radius 2 is 2.14 bits per heavy atom. The summed E-state index contributed by atoms with van der Waals surface area (Å²) in [5.41, 5.74) is 0. The molecule has 2 nitrogen and oxygen atoms in total. The lowest BCUT2D eigenvalue weighted by Crippen LogP contribution is -2.34. The molecule has 0 bridgehead atoms. The van der Waals surface area contributed by atoms with Gasteiger partial charge in [-0.3, -0.25) is 0 Å². The molecule has 1 aliphatic carbocycles. The molecule has 4 heteroatoms. The minimum atomic E-state index is 0.524. The molecule has 0 atom stereocenters. The standard InChI is InChI=1S/C10H12Cl2N2/c1-6-2-8(3-6)14-10-9(12)4-7(11)5-13-10/h4-6,8H,2-3H2,1H3,(H,13,14). The molecule has 1 fully saturated rings. The van der Waals surface area contributed by atoms with E-state index in [1.807, 2.05) is 0 Å². The topological polar surface area (TPSA) is 24.9 Å². The molecule has 1 N–H and O–H groups in total. The van der Waals surface area contributed by atoms with Crippen molar-refractivity contribution >= 4 is 29.0 Å². The van der Waals surface area contributed by atoms with Gasteiger partial charge in [-0.05, 0) is 24.8 Å². The van der Waals surface area contributed by atoms with Crippen LogP contribution in [0.4, 0.5) is 5.82 Å². The van der Waals surface area contributed by atoms with Gasteiger partial charge in [-0.2, -0.15) is 0 Å². The molecule has 0 unspecified atom stereocenters. The van der Waals surface area contributed by atoms with Crippen molar-refractivity contribution < 1.29 is 0 Å². The largest absolute Gasteiger partial charge is 0.366 e. The van der Waals surface area contributed by atoms with Gasteiger partial charge < -0.3 is 5.32 Å². The maximum absolute atomic E-state index is 5.98. The quantitative estimate of drug-likeness (QED) is 0.841. The third-order valence-corrected chi connectivity index (χ3v) is 3.02. The Hall–Kier alpha value is -0.470. The van der Waals surface area contributed by atoms with E-state index in [9.17, 15) is 0 Å². The van der Waals surface area contributed by atoms with Crippen LogP contribution in [0.15, 0.2) is 12.3 Å². The minimum Gasteiger partial charge on any atom is -0.366 e. The van der Waals surface area contributed by atoms with Crippen LogP contribution in [0, 0.1) is 5.92 Å². The maximum Gasteiger partial charge on any atom is 0.145 e. The SMILES string of the molecule is CC1CC(Nc2ncc(Cl)cc2Cl)C1. The van der Waals surface area contributed by atoms with Crippen molar-refractivity contribution in [2.24, 2.45) is 5.92 Å². The van der Waals surface area contributed by atoms with E-state index in [1.165, 1.54) is 12.8 Å². The second-order valence-corrected chi connectivity index (χ2v) is 4.75. The highest BCUT2D eigenvalue weighted by Gasteiger charge is 2.25. The summed E-state index contributed by atoms with van der Waals surface area (Å²) in [7, 11) is 0. The first kappa shape index (κ1) is 10.1. The molecule has 1 saturated carbocycles. The molecule has 0 radical (unpaired) electrons. The Labute approximate surface area is 93.6 Å². The van der Waals surface area contributed by atoms with Gasteiger partial charge in [-0.1, -0.05) is 30.1 Å². The van der Waals surface area contributed by atoms with E-state index in [-0.39, 0.29) is 0 Å². The Morgan fingerprint density at radius 3 is 2.71 bits per heavy atom. The summed E-state index contributed by atoms with van der Waals surface area (Å²) in [6, 6.07) is 2.23. The molecular formula is C10H12Cl2N2. The number of nitrogens with one attached hydrogen (secondary N) is 1. The Morgan fingerprint density at radius 1 is 1.43 bits per heavy atom. The number of pyridine rings is 1. The third-order valence-electron chi connectivity index (χ3n) is 2.52. The van der Waals surface area contributed by atoms with Crippen LogP contribution in [0.5, 0.6) is 0 Å². The number of halogens is 2. The second-order valence-electron chi connectivity index (χ2n) is 3.90. The van der Waals surface area contributed by atoms with Crippen molar-refractivity contribution in [3.05, 3.63) is 22.3 Å². The van der Waals surface area contributed by atoms with Crippen LogP contribution in [0.1, 0.15) is 19.8 Å². The van der Waals surface area contributed by atoms with Gasteiger partial charge >= 0.3 is 0 Å². The van der Waals surface area contributed by atoms with Gasteiger partial charge in [-0.15, -0.1) is 0 Å². The van der Waals surface area contributed by atoms with E-state index < -0.39 is 0 Å². The summed E-state index contributed by atoms with van der Waals surface area (Å²) < 4.78 is 0. The zero-order valence-corrected chi connectivity index (χ0v) is 9.44. The normalized spacial score (nSPS) is 25.6. The molecule has 0 aromatic carbocycles. The van der Waals surface area contributed by atoms with Crippen LogP contribution in [0.2, 0.25) is 10.0 Å². The molecule has 0 aliphatic heterocycles. The summed E-state index contributed by atoms with van der Waals surface area (Å²) >= 11 is 11.7. The highest BCUT2D eigenvalue weighted by molar-refractivity contribution is 6.35. The lowest BCUT2D eigenvalue weighted by atomic mass is 9.82. The molecule has 1 aromatic heterocycles. The van der Waals surface area contributed by atoms with Crippen molar-refractivity contribution in [2.75, 3.05) is 5.32 Å². The summed E-state index contributed by atoms with van der Waals surface area (Å²) in [5, 5.41) is 4.47. The average Bonchev–Trinajstić information content (AvgIpc) is 2.06. The summed E-state index contributed by atoms with van der Waals surface area (Å²) in [4.78, 5) is 4.15. The fourth-order valence-electron chi connectivity index (χ4n) is 1.73. The van der Waals surface area contributed by atoms with Crippen molar-refractivity contribution in [2.45, 2.75) is 25.8 Å². The Kier molecular flexibility index (Phi) is 2.84. The maximum atomic E-state index is 5.98. The van der Waals surface area contributed by atoms with Crippen LogP contribution in [0.3, 0.4) is 0 Å². The summed E-state index contributed by atoms with van der Waals surface area (Å²) in [6.45, 7) is 2.25. The lowest BCUT2D eigenvalue weighted by Gasteiger charge is -2.33. The van der Waals surface area contributed by atoms with E-state index in [0.717, 1.165) is 11.7 Å². The van der Waals surface area contributed by atoms with E-state index in [2.05, 4.69) is 17.2 Å². The number of hydrogen-bond donors (Lipinski definition) is 1. The smallest absolute Gasteiger partial charge is 0.145 e. The predicted molar refractivity (Wildman–Crippen MR) is 60.1 cm³/mol. The zero-order chi connectivity index (χ0) is 10.1. The van der Waals surface area contributed by atoms with E-state index >= 15 is 0 Å².